The normalized spacial score (nSPS) is 17.1. The zero-order valence-electron chi connectivity index (χ0n) is 27.3. The summed E-state index contributed by atoms with van der Waals surface area (Å²) in [5.74, 6) is 0.239. The van der Waals surface area contributed by atoms with Crippen LogP contribution in [0.5, 0.6) is 0 Å². The minimum atomic E-state index is 0.0687. The highest BCUT2D eigenvalue weighted by atomic mass is 32.1. The molecule has 50 heavy (non-hydrogen) atoms. The van der Waals surface area contributed by atoms with E-state index in [9.17, 15) is 0 Å². The van der Waals surface area contributed by atoms with Crippen molar-refractivity contribution in [3.8, 4) is 22.5 Å². The molecule has 0 bridgehead atoms. The number of aryl methyl sites for hydroxylation is 1. The van der Waals surface area contributed by atoms with Crippen molar-refractivity contribution in [2.45, 2.75) is 24.8 Å². The van der Waals surface area contributed by atoms with Crippen LogP contribution in [0, 0.1) is 0 Å². The molecule has 7 heterocycles. The Bertz CT molecular complexity index is 3090. The van der Waals surface area contributed by atoms with Crippen molar-refractivity contribution in [3.63, 3.8) is 0 Å². The first kappa shape index (κ1) is 27.0. The summed E-state index contributed by atoms with van der Waals surface area (Å²) in [5, 5.41) is 8.00. The average molecular weight is 658 g/mol. The van der Waals surface area contributed by atoms with Gasteiger partial charge in [0.05, 0.1) is 28.0 Å². The van der Waals surface area contributed by atoms with E-state index in [1.807, 2.05) is 11.3 Å². The van der Waals surface area contributed by atoms with Gasteiger partial charge in [-0.15, -0.1) is 11.3 Å². The lowest BCUT2D eigenvalue weighted by atomic mass is 9.78. The molecule has 0 radical (unpaired) electrons. The Balaban J connectivity index is 1.18. The molecule has 0 amide bonds. The minimum Gasteiger partial charge on any atom is -0.308 e. The first-order chi connectivity index (χ1) is 24.7. The van der Waals surface area contributed by atoms with Crippen molar-refractivity contribution < 1.29 is 9.13 Å². The van der Waals surface area contributed by atoms with Gasteiger partial charge < -0.3 is 4.40 Å². The molecule has 0 N–H and O–H groups in total. The van der Waals surface area contributed by atoms with Crippen LogP contribution in [0.25, 0.3) is 86.5 Å². The number of nitrogens with zero attached hydrogens (tertiary/aromatic N) is 3. The summed E-state index contributed by atoms with van der Waals surface area (Å²) in [7, 11) is 0. The Labute approximate surface area is 292 Å². The zero-order valence-corrected chi connectivity index (χ0v) is 28.1. The van der Waals surface area contributed by atoms with Crippen LogP contribution in [0.1, 0.15) is 29.5 Å². The summed E-state index contributed by atoms with van der Waals surface area (Å²) < 4.78 is 10.1. The highest BCUT2D eigenvalue weighted by Gasteiger charge is 2.47. The molecule has 0 saturated heterocycles. The third-order valence-corrected chi connectivity index (χ3v) is 12.9. The topological polar surface area (TPSA) is 12.2 Å². The molecule has 234 valence electrons. The summed E-state index contributed by atoms with van der Waals surface area (Å²) in [6.07, 6.45) is 6.50. The maximum Gasteiger partial charge on any atom is 0.249 e. The van der Waals surface area contributed by atoms with Crippen LogP contribution >= 0.6 is 11.3 Å². The monoisotopic (exact) mass is 657 g/mol. The van der Waals surface area contributed by atoms with Gasteiger partial charge >= 0.3 is 0 Å². The summed E-state index contributed by atoms with van der Waals surface area (Å²) in [6, 6.07) is 47.9. The molecule has 2 aliphatic heterocycles. The molecule has 10 aromatic rings. The van der Waals surface area contributed by atoms with Gasteiger partial charge in [0.2, 0.25) is 23.1 Å². The lowest BCUT2D eigenvalue weighted by Crippen LogP contribution is -2.53. The number of fused-ring (bicyclic) bond motifs is 18. The fourth-order valence-corrected chi connectivity index (χ4v) is 10.8. The Kier molecular flexibility index (Phi) is 5.22. The second-order valence-electron chi connectivity index (χ2n) is 14.1. The molecule has 2 atom stereocenters. The van der Waals surface area contributed by atoms with Crippen molar-refractivity contribution in [3.05, 3.63) is 157 Å². The van der Waals surface area contributed by atoms with Crippen LogP contribution < -0.4 is 9.13 Å². The van der Waals surface area contributed by atoms with Gasteiger partial charge in [0.25, 0.3) is 0 Å². The first-order valence-corrected chi connectivity index (χ1v) is 18.4. The van der Waals surface area contributed by atoms with E-state index in [0.29, 0.717) is 0 Å². The maximum atomic E-state index is 4.88. The summed E-state index contributed by atoms with van der Waals surface area (Å²) in [6.45, 7) is 4.88. The standard InChI is InChI=1S/C46H31N3S/c1-27-45-33(20-19-28-11-2-3-12-29(28)39-16-6-8-21-47(27)39)34-24-41-35(23-36(34)40-17-7-9-22-48(40)45)31-14-10-15-32-37-26-44-38(25-42(37)49(41)46(31)32)30-13-4-5-18-43(30)50-44/h2-18,21-26,33,45H,1,19-20H2/q+2. The molecule has 12 rings (SSSR count). The van der Waals surface area contributed by atoms with Gasteiger partial charge in [-0.1, -0.05) is 54.6 Å². The Morgan fingerprint density at radius 2 is 1.34 bits per heavy atom. The summed E-state index contributed by atoms with van der Waals surface area (Å²) >= 11 is 1.90. The van der Waals surface area contributed by atoms with Gasteiger partial charge in [-0.25, -0.2) is 0 Å². The van der Waals surface area contributed by atoms with E-state index in [4.69, 9.17) is 6.58 Å². The smallest absolute Gasteiger partial charge is 0.249 e. The minimum absolute atomic E-state index is 0.0687. The van der Waals surface area contributed by atoms with Gasteiger partial charge in [0.15, 0.2) is 12.4 Å². The molecule has 4 heteroatoms. The molecular weight excluding hydrogens is 627 g/mol. The summed E-state index contributed by atoms with van der Waals surface area (Å²) in [4.78, 5) is 0. The van der Waals surface area contributed by atoms with Gasteiger partial charge in [-0.2, -0.15) is 9.13 Å². The van der Waals surface area contributed by atoms with E-state index in [1.54, 1.807) is 0 Å². The van der Waals surface area contributed by atoms with E-state index in [1.165, 1.54) is 91.9 Å². The fraction of sp³-hybridized carbons (Fsp3) is 0.0870. The zero-order chi connectivity index (χ0) is 32.7. The highest BCUT2D eigenvalue weighted by molar-refractivity contribution is 7.25. The van der Waals surface area contributed by atoms with Crippen LogP contribution in [0.3, 0.4) is 0 Å². The maximum absolute atomic E-state index is 4.88. The third kappa shape index (κ3) is 3.39. The van der Waals surface area contributed by atoms with Gasteiger partial charge in [-0.05, 0) is 79.1 Å². The quantitative estimate of drug-likeness (QED) is 0.144. The molecule has 0 spiro atoms. The van der Waals surface area contributed by atoms with Gasteiger partial charge in [-0.3, -0.25) is 0 Å². The van der Waals surface area contributed by atoms with Crippen LogP contribution in [0.4, 0.5) is 0 Å². The molecular formula is C46H31N3S+2. The third-order valence-electron chi connectivity index (χ3n) is 11.8. The summed E-state index contributed by atoms with van der Waals surface area (Å²) in [5.41, 5.74) is 12.9. The Morgan fingerprint density at radius 3 is 2.26 bits per heavy atom. The molecule has 0 fully saturated rings. The van der Waals surface area contributed by atoms with E-state index >= 15 is 0 Å². The molecule has 0 saturated carbocycles. The molecule has 2 aliphatic rings. The number of hydrogen-bond acceptors (Lipinski definition) is 1. The first-order valence-electron chi connectivity index (χ1n) is 17.6. The molecule has 3 nitrogen and oxygen atoms in total. The second-order valence-corrected chi connectivity index (χ2v) is 15.2. The Morgan fingerprint density at radius 1 is 0.600 bits per heavy atom. The number of allylic oxidation sites excluding steroid dienone is 1. The number of pyridine rings is 2. The van der Waals surface area contributed by atoms with Crippen LogP contribution in [0.15, 0.2) is 146 Å². The van der Waals surface area contributed by atoms with Crippen molar-refractivity contribution >= 4 is 75.3 Å². The number of benzene rings is 5. The van der Waals surface area contributed by atoms with Crippen LogP contribution in [-0.2, 0) is 6.42 Å². The van der Waals surface area contributed by atoms with E-state index in [0.717, 1.165) is 18.5 Å². The molecule has 5 aromatic heterocycles. The largest absolute Gasteiger partial charge is 0.308 e. The van der Waals surface area contributed by atoms with Crippen molar-refractivity contribution in [2.24, 2.45) is 0 Å². The molecule has 5 aromatic carbocycles. The van der Waals surface area contributed by atoms with Crippen molar-refractivity contribution in [2.75, 3.05) is 0 Å². The van der Waals surface area contributed by atoms with Crippen LogP contribution in [-0.4, -0.2) is 4.40 Å². The second kappa shape index (κ2) is 9.65. The van der Waals surface area contributed by atoms with E-state index in [2.05, 4.69) is 153 Å². The predicted octanol–water partition coefficient (Wildman–Crippen LogP) is 10.9. The lowest BCUT2D eigenvalue weighted by Gasteiger charge is -2.29. The lowest BCUT2D eigenvalue weighted by molar-refractivity contribution is -0.727. The number of thiophene rings is 1. The number of aromatic nitrogens is 3. The predicted molar refractivity (Wildman–Crippen MR) is 207 cm³/mol. The molecule has 2 unspecified atom stereocenters. The number of rotatable bonds is 0. The van der Waals surface area contributed by atoms with Gasteiger partial charge in [0.1, 0.15) is 0 Å². The van der Waals surface area contributed by atoms with Crippen molar-refractivity contribution in [1.82, 2.24) is 4.40 Å². The van der Waals surface area contributed by atoms with Gasteiger partial charge in [0, 0.05) is 71.5 Å². The molecule has 0 aliphatic carbocycles. The van der Waals surface area contributed by atoms with Crippen LogP contribution in [0.2, 0.25) is 0 Å². The SMILES string of the molecule is C=C1C2C(CCc3ccccc3-c3cccc[n+]31)c1cc3c(cc1-c1cccc[n+]12)c1cccc2c4cc5sc6ccccc6c5cc4n3c12. The van der Waals surface area contributed by atoms with E-state index < -0.39 is 0 Å². The van der Waals surface area contributed by atoms with E-state index in [-0.39, 0.29) is 12.0 Å². The van der Waals surface area contributed by atoms with Crippen molar-refractivity contribution in [1.29, 1.82) is 0 Å². The Hall–Kier alpha value is -5.84. The average Bonchev–Trinajstić information content (AvgIpc) is 3.82. The fourth-order valence-electron chi connectivity index (χ4n) is 9.64. The number of para-hydroxylation sites is 1. The number of hydrogen-bond donors (Lipinski definition) is 0. The highest BCUT2D eigenvalue weighted by Crippen LogP contribution is 2.49.